The molecule has 1 aliphatic rings. The first kappa shape index (κ1) is 14.5. The highest BCUT2D eigenvalue weighted by atomic mass is 16.3. The maximum Gasteiger partial charge on any atom is 0.0804 e. The van der Waals surface area contributed by atoms with Crippen molar-refractivity contribution in [3.63, 3.8) is 0 Å². The van der Waals surface area contributed by atoms with E-state index in [0.717, 1.165) is 44.7 Å². The van der Waals surface area contributed by atoms with Crippen LogP contribution in [0, 0.1) is 20.8 Å². The van der Waals surface area contributed by atoms with Crippen molar-refractivity contribution in [3.8, 4) is 0 Å². The number of hydrogen-bond donors (Lipinski definition) is 2. The second-order valence-electron chi connectivity index (χ2n) is 5.69. The fraction of sp³-hybridized carbons (Fsp3) is 0.625. The predicted octanol–water partition coefficient (Wildman–Crippen LogP) is 1.94. The van der Waals surface area contributed by atoms with Gasteiger partial charge in [0.25, 0.3) is 0 Å². The van der Waals surface area contributed by atoms with Crippen molar-refractivity contribution in [1.29, 1.82) is 0 Å². The van der Waals surface area contributed by atoms with Gasteiger partial charge in [-0.25, -0.2) is 0 Å². The van der Waals surface area contributed by atoms with Gasteiger partial charge in [0.15, 0.2) is 0 Å². The molecule has 1 heterocycles. The summed E-state index contributed by atoms with van der Waals surface area (Å²) in [6.45, 7) is 11.6. The Morgan fingerprint density at radius 1 is 1.11 bits per heavy atom. The van der Waals surface area contributed by atoms with E-state index in [4.69, 9.17) is 0 Å². The van der Waals surface area contributed by atoms with Gasteiger partial charge in [-0.05, 0) is 49.4 Å². The van der Waals surface area contributed by atoms with Crippen LogP contribution in [0.15, 0.2) is 12.1 Å². The topological polar surface area (TPSA) is 35.5 Å². The average molecular weight is 262 g/mol. The van der Waals surface area contributed by atoms with E-state index in [-0.39, 0.29) is 6.10 Å². The van der Waals surface area contributed by atoms with Crippen LogP contribution in [0.3, 0.4) is 0 Å². The standard InChI is InChI=1S/C16H26N2O/c1-12-10-14(3)15(11-13(12)2)16(19)4-7-18-8-5-17-6-9-18/h10-11,16-17,19H,4-9H2,1-3H3. The molecule has 0 radical (unpaired) electrons. The van der Waals surface area contributed by atoms with Gasteiger partial charge in [0, 0.05) is 32.7 Å². The molecule has 1 aromatic rings. The zero-order chi connectivity index (χ0) is 13.8. The Kier molecular flexibility index (Phi) is 4.97. The van der Waals surface area contributed by atoms with E-state index < -0.39 is 0 Å². The molecule has 0 aromatic heterocycles. The van der Waals surface area contributed by atoms with E-state index in [9.17, 15) is 5.11 Å². The van der Waals surface area contributed by atoms with E-state index in [1.165, 1.54) is 16.7 Å². The number of nitrogens with zero attached hydrogens (tertiary/aromatic N) is 1. The summed E-state index contributed by atoms with van der Waals surface area (Å²) in [5.41, 5.74) is 4.87. The lowest BCUT2D eigenvalue weighted by atomic mass is 9.96. The first-order valence-electron chi connectivity index (χ1n) is 7.27. The Morgan fingerprint density at radius 2 is 1.74 bits per heavy atom. The lowest BCUT2D eigenvalue weighted by Gasteiger charge is -2.28. The van der Waals surface area contributed by atoms with Gasteiger partial charge in [-0.1, -0.05) is 12.1 Å². The molecule has 1 saturated heterocycles. The van der Waals surface area contributed by atoms with Crippen LogP contribution in [0.4, 0.5) is 0 Å². The normalized spacial score (nSPS) is 18.5. The second kappa shape index (κ2) is 6.51. The quantitative estimate of drug-likeness (QED) is 0.870. The number of hydrogen-bond acceptors (Lipinski definition) is 3. The van der Waals surface area contributed by atoms with Crippen LogP contribution >= 0.6 is 0 Å². The first-order chi connectivity index (χ1) is 9.08. The average Bonchev–Trinajstić information content (AvgIpc) is 2.41. The first-order valence-corrected chi connectivity index (χ1v) is 7.27. The Balaban J connectivity index is 1.95. The van der Waals surface area contributed by atoms with Crippen LogP contribution in [0.5, 0.6) is 0 Å². The molecule has 1 unspecified atom stereocenters. The number of rotatable bonds is 4. The Morgan fingerprint density at radius 3 is 2.42 bits per heavy atom. The SMILES string of the molecule is Cc1cc(C)c(C(O)CCN2CCNCC2)cc1C. The number of piperazine rings is 1. The molecule has 0 saturated carbocycles. The summed E-state index contributed by atoms with van der Waals surface area (Å²) in [6.07, 6.45) is 0.484. The molecule has 1 fully saturated rings. The van der Waals surface area contributed by atoms with Crippen LogP contribution in [0.2, 0.25) is 0 Å². The fourth-order valence-electron chi connectivity index (χ4n) is 2.74. The van der Waals surface area contributed by atoms with E-state index in [1.807, 2.05) is 0 Å². The van der Waals surface area contributed by atoms with Crippen LogP contribution in [0.1, 0.15) is 34.8 Å². The van der Waals surface area contributed by atoms with Crippen molar-refractivity contribution in [2.45, 2.75) is 33.3 Å². The van der Waals surface area contributed by atoms with Crippen molar-refractivity contribution < 1.29 is 5.11 Å². The Labute approximate surface area is 116 Å². The summed E-state index contributed by atoms with van der Waals surface area (Å²) in [5, 5.41) is 13.8. The molecule has 3 nitrogen and oxygen atoms in total. The number of aliphatic hydroxyl groups excluding tert-OH is 1. The maximum atomic E-state index is 10.4. The maximum absolute atomic E-state index is 10.4. The van der Waals surface area contributed by atoms with Gasteiger partial charge in [-0.15, -0.1) is 0 Å². The zero-order valence-electron chi connectivity index (χ0n) is 12.4. The van der Waals surface area contributed by atoms with Crippen LogP contribution in [-0.2, 0) is 0 Å². The Hall–Kier alpha value is -0.900. The minimum atomic E-state index is -0.339. The lowest BCUT2D eigenvalue weighted by Crippen LogP contribution is -2.44. The van der Waals surface area contributed by atoms with Gasteiger partial charge in [0.2, 0.25) is 0 Å². The van der Waals surface area contributed by atoms with Crippen LogP contribution in [-0.4, -0.2) is 42.7 Å². The van der Waals surface area contributed by atoms with Crippen molar-refractivity contribution in [1.82, 2.24) is 10.2 Å². The van der Waals surface area contributed by atoms with Gasteiger partial charge in [0.1, 0.15) is 0 Å². The van der Waals surface area contributed by atoms with Crippen molar-refractivity contribution >= 4 is 0 Å². The third-order valence-electron chi connectivity index (χ3n) is 4.17. The summed E-state index contributed by atoms with van der Waals surface area (Å²) < 4.78 is 0. The molecule has 2 rings (SSSR count). The molecule has 1 atom stereocenters. The van der Waals surface area contributed by atoms with E-state index >= 15 is 0 Å². The fourth-order valence-corrected chi connectivity index (χ4v) is 2.74. The number of nitrogens with one attached hydrogen (secondary N) is 1. The summed E-state index contributed by atoms with van der Waals surface area (Å²) >= 11 is 0. The van der Waals surface area contributed by atoms with Gasteiger partial charge in [-0.2, -0.15) is 0 Å². The number of benzene rings is 1. The minimum Gasteiger partial charge on any atom is -0.388 e. The largest absolute Gasteiger partial charge is 0.388 e. The summed E-state index contributed by atoms with van der Waals surface area (Å²) in [7, 11) is 0. The van der Waals surface area contributed by atoms with Crippen LogP contribution < -0.4 is 5.32 Å². The van der Waals surface area contributed by atoms with E-state index in [1.54, 1.807) is 0 Å². The number of aryl methyl sites for hydroxylation is 3. The molecule has 19 heavy (non-hydrogen) atoms. The zero-order valence-corrected chi connectivity index (χ0v) is 12.4. The van der Waals surface area contributed by atoms with E-state index in [0.29, 0.717) is 0 Å². The van der Waals surface area contributed by atoms with Crippen LogP contribution in [0.25, 0.3) is 0 Å². The van der Waals surface area contributed by atoms with Crippen molar-refractivity contribution in [3.05, 3.63) is 34.4 Å². The molecule has 106 valence electrons. The van der Waals surface area contributed by atoms with Crippen molar-refractivity contribution in [2.75, 3.05) is 32.7 Å². The minimum absolute atomic E-state index is 0.339. The second-order valence-corrected chi connectivity index (χ2v) is 5.69. The highest BCUT2D eigenvalue weighted by Crippen LogP contribution is 2.24. The molecule has 1 aliphatic heterocycles. The highest BCUT2D eigenvalue weighted by molar-refractivity contribution is 5.37. The molecule has 0 bridgehead atoms. The Bertz CT molecular complexity index is 425. The molecule has 0 amide bonds. The lowest BCUT2D eigenvalue weighted by molar-refractivity contribution is 0.136. The third-order valence-corrected chi connectivity index (χ3v) is 4.17. The summed E-state index contributed by atoms with van der Waals surface area (Å²) in [5.74, 6) is 0. The number of aliphatic hydroxyl groups is 1. The monoisotopic (exact) mass is 262 g/mol. The molecule has 3 heteroatoms. The van der Waals surface area contributed by atoms with E-state index in [2.05, 4.69) is 43.1 Å². The smallest absolute Gasteiger partial charge is 0.0804 e. The van der Waals surface area contributed by atoms with Gasteiger partial charge < -0.3 is 15.3 Å². The molecular weight excluding hydrogens is 236 g/mol. The van der Waals surface area contributed by atoms with Gasteiger partial charge >= 0.3 is 0 Å². The molecule has 1 aromatic carbocycles. The van der Waals surface area contributed by atoms with Gasteiger partial charge in [0.05, 0.1) is 6.10 Å². The molecule has 2 N–H and O–H groups in total. The van der Waals surface area contributed by atoms with Gasteiger partial charge in [-0.3, -0.25) is 0 Å². The summed E-state index contributed by atoms with van der Waals surface area (Å²) in [4.78, 5) is 2.43. The predicted molar refractivity (Wildman–Crippen MR) is 79.5 cm³/mol. The van der Waals surface area contributed by atoms with Crippen molar-refractivity contribution in [2.24, 2.45) is 0 Å². The molecule has 0 spiro atoms. The summed E-state index contributed by atoms with van der Waals surface area (Å²) in [6, 6.07) is 4.33. The molecule has 0 aliphatic carbocycles. The molecular formula is C16H26N2O. The highest BCUT2D eigenvalue weighted by Gasteiger charge is 2.15. The third kappa shape index (κ3) is 3.78.